The third-order valence-corrected chi connectivity index (χ3v) is 6.36. The molecule has 3 rings (SSSR count). The number of aromatic nitrogens is 3. The van der Waals surface area contributed by atoms with Gasteiger partial charge in [-0.3, -0.25) is 0 Å². The Kier molecular flexibility index (Phi) is 11.5. The van der Waals surface area contributed by atoms with Crippen molar-refractivity contribution in [3.63, 3.8) is 0 Å². The number of aryl methyl sites for hydroxylation is 1. The number of hydrogen-bond donors (Lipinski definition) is 0. The first kappa shape index (κ1) is 27.5. The van der Waals surface area contributed by atoms with E-state index < -0.39 is 10.1 Å². The summed E-state index contributed by atoms with van der Waals surface area (Å²) in [4.78, 5) is 0. The van der Waals surface area contributed by atoms with E-state index in [1.807, 2.05) is 4.68 Å². The maximum atomic E-state index is 9.08. The molecule has 0 bridgehead atoms. The van der Waals surface area contributed by atoms with Crippen LogP contribution in [0.15, 0.2) is 30.5 Å². The summed E-state index contributed by atoms with van der Waals surface area (Å²) in [7, 11) is -1.49. The Balaban J connectivity index is 0.000000696. The second-order valence-electron chi connectivity index (χ2n) is 9.64. The van der Waals surface area contributed by atoms with E-state index in [1.54, 1.807) is 0 Å². The maximum absolute atomic E-state index is 9.08. The molecule has 1 aromatic carbocycles. The van der Waals surface area contributed by atoms with Crippen molar-refractivity contribution in [1.82, 2.24) is 15.0 Å². The van der Waals surface area contributed by atoms with Gasteiger partial charge in [-0.05, 0) is 49.8 Å². The molecule has 1 saturated heterocycles. The van der Waals surface area contributed by atoms with E-state index in [4.69, 9.17) is 13.0 Å². The van der Waals surface area contributed by atoms with E-state index in [2.05, 4.69) is 54.7 Å². The fourth-order valence-corrected chi connectivity index (χ4v) is 4.34. The standard InChI is InChI=1S/C24H39N4.CH4O3S/c1-3-4-5-6-7-9-12-23-21-27(26-25-23)24-15-13-22(14-16-24)17-20-28(2)18-10-8-11-19-28;1-5(2,3)4/h13-16,21H,3-12,17-20H2,1-2H3;1H3,(H,2,3,4)/q+1;/p-1. The lowest BCUT2D eigenvalue weighted by Crippen LogP contribution is -2.49. The molecule has 0 radical (unpaired) electrons. The number of rotatable bonds is 11. The molecule has 0 amide bonds. The lowest BCUT2D eigenvalue weighted by atomic mass is 10.1. The third kappa shape index (κ3) is 11.8. The number of unbranched alkanes of at least 4 members (excludes halogenated alkanes) is 5. The zero-order valence-electron chi connectivity index (χ0n) is 20.7. The van der Waals surface area contributed by atoms with Crippen molar-refractivity contribution < 1.29 is 17.5 Å². The molecule has 1 aliphatic rings. The van der Waals surface area contributed by atoms with Gasteiger partial charge >= 0.3 is 0 Å². The number of likely N-dealkylation sites (tertiary alicyclic amines) is 1. The van der Waals surface area contributed by atoms with Gasteiger partial charge in [0.1, 0.15) is 0 Å². The van der Waals surface area contributed by atoms with Gasteiger partial charge in [-0.15, -0.1) is 5.10 Å². The Bertz CT molecular complexity index is 896. The highest BCUT2D eigenvalue weighted by molar-refractivity contribution is 7.84. The summed E-state index contributed by atoms with van der Waals surface area (Å²) >= 11 is 0. The van der Waals surface area contributed by atoms with E-state index in [0.717, 1.165) is 24.2 Å². The van der Waals surface area contributed by atoms with Crippen LogP contribution in [-0.4, -0.2) is 65.4 Å². The summed E-state index contributed by atoms with van der Waals surface area (Å²) in [5.41, 5.74) is 3.66. The van der Waals surface area contributed by atoms with Crippen LogP contribution < -0.4 is 0 Å². The summed E-state index contributed by atoms with van der Waals surface area (Å²) in [5, 5.41) is 8.70. The van der Waals surface area contributed by atoms with E-state index in [9.17, 15) is 0 Å². The van der Waals surface area contributed by atoms with Crippen LogP contribution in [0.5, 0.6) is 0 Å². The average Bonchev–Trinajstić information content (AvgIpc) is 3.23. The number of likely N-dealkylation sites (N-methyl/N-ethyl adjacent to an activating group) is 1. The molecular weight excluding hydrogens is 436 g/mol. The number of nitrogens with zero attached hydrogens (tertiary/aromatic N) is 4. The van der Waals surface area contributed by atoms with Gasteiger partial charge in [0.05, 0.1) is 54.4 Å². The van der Waals surface area contributed by atoms with Crippen LogP contribution in [0.25, 0.3) is 5.69 Å². The number of hydrogen-bond acceptors (Lipinski definition) is 5. The quantitative estimate of drug-likeness (QED) is 0.269. The van der Waals surface area contributed by atoms with Crippen LogP contribution in [0, 0.1) is 0 Å². The van der Waals surface area contributed by atoms with Crippen molar-refractivity contribution in [3.05, 3.63) is 41.7 Å². The van der Waals surface area contributed by atoms with Gasteiger partial charge in [0.15, 0.2) is 0 Å². The van der Waals surface area contributed by atoms with Gasteiger partial charge in [0.2, 0.25) is 0 Å². The van der Waals surface area contributed by atoms with Crippen LogP contribution in [-0.2, 0) is 23.0 Å². The lowest BCUT2D eigenvalue weighted by molar-refractivity contribution is -0.913. The molecule has 0 saturated carbocycles. The minimum atomic E-state index is -3.92. The molecule has 0 unspecified atom stereocenters. The summed E-state index contributed by atoms with van der Waals surface area (Å²) in [5.74, 6) is 0. The highest BCUT2D eigenvalue weighted by Gasteiger charge is 2.24. The fourth-order valence-electron chi connectivity index (χ4n) is 4.34. The molecule has 1 fully saturated rings. The first-order valence-electron chi connectivity index (χ1n) is 12.4. The number of piperidine rings is 1. The van der Waals surface area contributed by atoms with E-state index in [1.165, 1.54) is 87.5 Å². The second kappa shape index (κ2) is 13.8. The summed E-state index contributed by atoms with van der Waals surface area (Å²) in [6.07, 6.45) is 17.0. The van der Waals surface area contributed by atoms with Gasteiger partial charge in [0.25, 0.3) is 0 Å². The highest BCUT2D eigenvalue weighted by atomic mass is 32.2. The molecule has 1 aliphatic heterocycles. The second-order valence-corrected chi connectivity index (χ2v) is 11.1. The summed E-state index contributed by atoms with van der Waals surface area (Å²) in [6.45, 7) is 6.21. The predicted octanol–water partition coefficient (Wildman–Crippen LogP) is 4.50. The van der Waals surface area contributed by atoms with E-state index in [-0.39, 0.29) is 0 Å². The van der Waals surface area contributed by atoms with Crippen molar-refractivity contribution >= 4 is 10.1 Å². The van der Waals surface area contributed by atoms with Gasteiger partial charge in [-0.2, -0.15) is 0 Å². The minimum absolute atomic E-state index is 0.604. The molecule has 33 heavy (non-hydrogen) atoms. The van der Waals surface area contributed by atoms with Crippen LogP contribution in [0.2, 0.25) is 0 Å². The van der Waals surface area contributed by atoms with Gasteiger partial charge in [0, 0.05) is 12.7 Å². The normalized spacial score (nSPS) is 15.6. The average molecular weight is 479 g/mol. The Morgan fingerprint density at radius 2 is 1.58 bits per heavy atom. The van der Waals surface area contributed by atoms with Crippen molar-refractivity contribution in [2.75, 3.05) is 32.9 Å². The monoisotopic (exact) mass is 478 g/mol. The molecule has 0 spiro atoms. The Morgan fingerprint density at radius 1 is 0.970 bits per heavy atom. The summed E-state index contributed by atoms with van der Waals surface area (Å²) < 4.78 is 30.4. The highest BCUT2D eigenvalue weighted by Crippen LogP contribution is 2.18. The zero-order chi connectivity index (χ0) is 24.2. The molecule has 2 aromatic rings. The Hall–Kier alpha value is -1.77. The molecule has 1 aromatic heterocycles. The molecule has 8 heteroatoms. The predicted molar refractivity (Wildman–Crippen MR) is 132 cm³/mol. The van der Waals surface area contributed by atoms with Crippen LogP contribution in [0.1, 0.15) is 76.0 Å². The number of quaternary nitrogens is 1. The Morgan fingerprint density at radius 3 is 2.21 bits per heavy atom. The molecule has 2 heterocycles. The first-order chi connectivity index (χ1) is 15.7. The van der Waals surface area contributed by atoms with Gasteiger partial charge in [-0.25, -0.2) is 13.1 Å². The van der Waals surface area contributed by atoms with Gasteiger partial charge in [-0.1, -0.05) is 56.4 Å². The molecule has 7 nitrogen and oxygen atoms in total. The summed E-state index contributed by atoms with van der Waals surface area (Å²) in [6, 6.07) is 8.91. The van der Waals surface area contributed by atoms with Crippen molar-refractivity contribution in [2.45, 2.75) is 77.6 Å². The molecular formula is C25H42N4O3S. The van der Waals surface area contributed by atoms with Crippen molar-refractivity contribution in [2.24, 2.45) is 0 Å². The molecule has 0 atom stereocenters. The topological polar surface area (TPSA) is 87.9 Å². The van der Waals surface area contributed by atoms with Crippen molar-refractivity contribution in [1.29, 1.82) is 0 Å². The minimum Gasteiger partial charge on any atom is -0.748 e. The first-order valence-corrected chi connectivity index (χ1v) is 14.3. The molecule has 0 aliphatic carbocycles. The van der Waals surface area contributed by atoms with Crippen LogP contribution in [0.4, 0.5) is 0 Å². The fraction of sp³-hybridized carbons (Fsp3) is 0.680. The molecule has 186 valence electrons. The third-order valence-electron chi connectivity index (χ3n) is 6.36. The van der Waals surface area contributed by atoms with Gasteiger partial charge < -0.3 is 9.04 Å². The molecule has 0 N–H and O–H groups in total. The SMILES string of the molecule is CCCCCCCCc1cn(-c2ccc(CC[N+]3(C)CCCCC3)cc2)nn1.CS(=O)(=O)[O-]. The van der Waals surface area contributed by atoms with E-state index in [0.29, 0.717) is 6.26 Å². The zero-order valence-corrected chi connectivity index (χ0v) is 21.5. The Labute approximate surface area is 200 Å². The smallest absolute Gasteiger partial charge is 0.0916 e. The number of benzene rings is 1. The largest absolute Gasteiger partial charge is 0.748 e. The van der Waals surface area contributed by atoms with Crippen LogP contribution in [0.3, 0.4) is 0 Å². The lowest BCUT2D eigenvalue weighted by Gasteiger charge is -2.37. The maximum Gasteiger partial charge on any atom is 0.0916 e. The van der Waals surface area contributed by atoms with E-state index >= 15 is 0 Å². The van der Waals surface area contributed by atoms with Crippen LogP contribution >= 0.6 is 0 Å². The van der Waals surface area contributed by atoms with Crippen molar-refractivity contribution in [3.8, 4) is 5.69 Å².